The number of carbonyl (C=O) groups excluding carboxylic acids is 1. The number of likely N-dealkylation sites (tertiary alicyclic amines) is 1. The molecular weight excluding hydrogens is 298 g/mol. The van der Waals surface area contributed by atoms with E-state index in [0.29, 0.717) is 24.1 Å². The van der Waals surface area contributed by atoms with Crippen molar-refractivity contribution < 1.29 is 9.53 Å². The van der Waals surface area contributed by atoms with E-state index in [9.17, 15) is 9.59 Å². The zero-order valence-electron chi connectivity index (χ0n) is 13.6. The van der Waals surface area contributed by atoms with Gasteiger partial charge in [-0.1, -0.05) is 0 Å². The Morgan fingerprint density at radius 2 is 2.04 bits per heavy atom. The summed E-state index contributed by atoms with van der Waals surface area (Å²) in [6, 6.07) is 0.125. The van der Waals surface area contributed by atoms with Crippen LogP contribution in [0.25, 0.3) is 11.0 Å². The molecule has 124 valence electrons. The van der Waals surface area contributed by atoms with E-state index >= 15 is 0 Å². The smallest absolute Gasteiger partial charge is 0.410 e. The molecule has 0 atom stereocenters. The van der Waals surface area contributed by atoms with Crippen molar-refractivity contribution in [1.82, 2.24) is 24.6 Å². The summed E-state index contributed by atoms with van der Waals surface area (Å²) in [4.78, 5) is 32.3. The number of nitrogens with zero attached hydrogens (tertiary/aromatic N) is 4. The van der Waals surface area contributed by atoms with Gasteiger partial charge in [0.25, 0.3) is 5.56 Å². The minimum absolute atomic E-state index is 0.125. The largest absolute Gasteiger partial charge is 0.444 e. The number of nitrogens with one attached hydrogen (secondary N) is 1. The van der Waals surface area contributed by atoms with Gasteiger partial charge in [-0.05, 0) is 33.6 Å². The Balaban J connectivity index is 1.70. The first-order valence-electron chi connectivity index (χ1n) is 7.74. The van der Waals surface area contributed by atoms with Crippen molar-refractivity contribution >= 4 is 17.1 Å². The number of hydrogen-bond acceptors (Lipinski definition) is 5. The van der Waals surface area contributed by atoms with Crippen LogP contribution in [0.3, 0.4) is 0 Å². The number of carbonyl (C=O) groups is 1. The van der Waals surface area contributed by atoms with E-state index in [4.69, 9.17) is 4.74 Å². The summed E-state index contributed by atoms with van der Waals surface area (Å²) in [6.07, 6.45) is 4.16. The molecule has 0 unspecified atom stereocenters. The van der Waals surface area contributed by atoms with Crippen molar-refractivity contribution in [2.45, 2.75) is 45.3 Å². The standard InChI is InChI=1S/C15H21N5O3/c1-15(2,3)23-14(22)19-6-4-10(5-7-19)20-12-11(8-18-20)13(21)17-9-16-12/h8-10H,4-7H2,1-3H3,(H,16,17,21). The number of aromatic amines is 1. The minimum Gasteiger partial charge on any atom is -0.444 e. The zero-order valence-corrected chi connectivity index (χ0v) is 13.6. The predicted octanol–water partition coefficient (Wildman–Crippen LogP) is 1.69. The monoisotopic (exact) mass is 319 g/mol. The average molecular weight is 319 g/mol. The van der Waals surface area contributed by atoms with Gasteiger partial charge in [-0.25, -0.2) is 14.5 Å². The van der Waals surface area contributed by atoms with Crippen LogP contribution in [0, 0.1) is 0 Å². The average Bonchev–Trinajstić information content (AvgIpc) is 2.91. The second kappa shape index (κ2) is 5.68. The van der Waals surface area contributed by atoms with E-state index in [-0.39, 0.29) is 17.7 Å². The summed E-state index contributed by atoms with van der Waals surface area (Å²) in [7, 11) is 0. The van der Waals surface area contributed by atoms with Gasteiger partial charge in [-0.3, -0.25) is 4.79 Å². The van der Waals surface area contributed by atoms with Crippen LogP contribution in [-0.4, -0.2) is 49.4 Å². The maximum Gasteiger partial charge on any atom is 0.410 e. The number of rotatable bonds is 1. The normalized spacial score (nSPS) is 16.7. The molecule has 0 radical (unpaired) electrons. The van der Waals surface area contributed by atoms with Crippen molar-refractivity contribution in [3.05, 3.63) is 22.9 Å². The van der Waals surface area contributed by atoms with Crippen LogP contribution in [0.5, 0.6) is 0 Å². The first-order valence-corrected chi connectivity index (χ1v) is 7.74. The van der Waals surface area contributed by atoms with Crippen LogP contribution in [0.4, 0.5) is 4.79 Å². The second-order valence-corrected chi connectivity index (χ2v) is 6.76. The third kappa shape index (κ3) is 3.20. The molecule has 0 aliphatic carbocycles. The molecule has 3 heterocycles. The molecule has 1 amide bonds. The number of amides is 1. The molecule has 2 aromatic rings. The molecule has 2 aromatic heterocycles. The summed E-state index contributed by atoms with van der Waals surface area (Å²) in [5, 5.41) is 4.80. The molecule has 1 aliphatic heterocycles. The first kappa shape index (κ1) is 15.5. The van der Waals surface area contributed by atoms with Gasteiger partial charge in [0, 0.05) is 13.1 Å². The van der Waals surface area contributed by atoms with Crippen molar-refractivity contribution in [3.63, 3.8) is 0 Å². The molecule has 8 heteroatoms. The van der Waals surface area contributed by atoms with E-state index in [2.05, 4.69) is 15.1 Å². The first-order chi connectivity index (χ1) is 10.8. The Morgan fingerprint density at radius 1 is 1.35 bits per heavy atom. The molecular formula is C15H21N5O3. The Bertz CT molecular complexity index is 765. The van der Waals surface area contributed by atoms with Gasteiger partial charge in [0.1, 0.15) is 11.0 Å². The number of H-pyrrole nitrogens is 1. The number of hydrogen-bond donors (Lipinski definition) is 1. The Labute approximate surface area is 133 Å². The molecule has 0 saturated carbocycles. The summed E-state index contributed by atoms with van der Waals surface area (Å²) < 4.78 is 7.18. The quantitative estimate of drug-likeness (QED) is 0.863. The van der Waals surface area contributed by atoms with E-state index in [0.717, 1.165) is 12.8 Å². The lowest BCUT2D eigenvalue weighted by atomic mass is 10.1. The SMILES string of the molecule is CC(C)(C)OC(=O)N1CCC(n2ncc3c(=O)[nH]cnc32)CC1. The maximum absolute atomic E-state index is 12.1. The van der Waals surface area contributed by atoms with Crippen molar-refractivity contribution in [1.29, 1.82) is 0 Å². The van der Waals surface area contributed by atoms with Gasteiger partial charge in [0.05, 0.1) is 18.6 Å². The lowest BCUT2D eigenvalue weighted by molar-refractivity contribution is 0.0186. The van der Waals surface area contributed by atoms with Gasteiger partial charge < -0.3 is 14.6 Å². The van der Waals surface area contributed by atoms with Gasteiger partial charge in [-0.15, -0.1) is 0 Å². The molecule has 1 N–H and O–H groups in total. The number of aromatic nitrogens is 4. The Morgan fingerprint density at radius 3 is 2.70 bits per heavy atom. The van der Waals surface area contributed by atoms with E-state index < -0.39 is 5.60 Å². The highest BCUT2D eigenvalue weighted by Gasteiger charge is 2.28. The number of fused-ring (bicyclic) bond motifs is 1. The predicted molar refractivity (Wildman–Crippen MR) is 84.2 cm³/mol. The van der Waals surface area contributed by atoms with Crippen molar-refractivity contribution in [3.8, 4) is 0 Å². The van der Waals surface area contributed by atoms with Crippen LogP contribution in [0.2, 0.25) is 0 Å². The molecule has 0 aromatic carbocycles. The lowest BCUT2D eigenvalue weighted by Gasteiger charge is -2.33. The molecule has 1 aliphatic rings. The van der Waals surface area contributed by atoms with Crippen LogP contribution in [-0.2, 0) is 4.74 Å². The van der Waals surface area contributed by atoms with Crippen molar-refractivity contribution in [2.24, 2.45) is 0 Å². The third-order valence-corrected chi connectivity index (χ3v) is 3.86. The third-order valence-electron chi connectivity index (χ3n) is 3.86. The molecule has 23 heavy (non-hydrogen) atoms. The fraction of sp³-hybridized carbons (Fsp3) is 0.600. The van der Waals surface area contributed by atoms with Gasteiger partial charge in [0.15, 0.2) is 5.65 Å². The molecule has 1 fully saturated rings. The number of ether oxygens (including phenoxy) is 1. The van der Waals surface area contributed by atoms with Gasteiger partial charge >= 0.3 is 6.09 Å². The van der Waals surface area contributed by atoms with Crippen LogP contribution in [0.15, 0.2) is 17.3 Å². The number of piperidine rings is 1. The van der Waals surface area contributed by atoms with Crippen LogP contribution < -0.4 is 5.56 Å². The van der Waals surface area contributed by atoms with Crippen molar-refractivity contribution in [2.75, 3.05) is 13.1 Å². The van der Waals surface area contributed by atoms with Crippen LogP contribution >= 0.6 is 0 Å². The summed E-state index contributed by atoms with van der Waals surface area (Å²) in [5.41, 5.74) is -0.0891. The van der Waals surface area contributed by atoms with E-state index in [1.807, 2.05) is 20.8 Å². The fourth-order valence-corrected chi connectivity index (χ4v) is 2.76. The van der Waals surface area contributed by atoms with E-state index in [1.165, 1.54) is 6.33 Å². The molecule has 1 saturated heterocycles. The Hall–Kier alpha value is -2.38. The van der Waals surface area contributed by atoms with Gasteiger partial charge in [0.2, 0.25) is 0 Å². The van der Waals surface area contributed by atoms with Gasteiger partial charge in [-0.2, -0.15) is 5.10 Å². The topological polar surface area (TPSA) is 93.1 Å². The summed E-state index contributed by atoms with van der Waals surface area (Å²) in [6.45, 7) is 6.78. The lowest BCUT2D eigenvalue weighted by Crippen LogP contribution is -2.42. The fourth-order valence-electron chi connectivity index (χ4n) is 2.76. The highest BCUT2D eigenvalue weighted by molar-refractivity contribution is 5.73. The summed E-state index contributed by atoms with van der Waals surface area (Å²) >= 11 is 0. The minimum atomic E-state index is -0.489. The highest BCUT2D eigenvalue weighted by Crippen LogP contribution is 2.25. The molecule has 3 rings (SSSR count). The van der Waals surface area contributed by atoms with E-state index in [1.54, 1.807) is 15.8 Å². The zero-order chi connectivity index (χ0) is 16.6. The maximum atomic E-state index is 12.1. The molecule has 8 nitrogen and oxygen atoms in total. The molecule has 0 bridgehead atoms. The summed E-state index contributed by atoms with van der Waals surface area (Å²) in [5.74, 6) is 0. The highest BCUT2D eigenvalue weighted by atomic mass is 16.6. The Kier molecular flexibility index (Phi) is 3.83. The van der Waals surface area contributed by atoms with Crippen LogP contribution in [0.1, 0.15) is 39.7 Å². The molecule has 0 spiro atoms. The second-order valence-electron chi connectivity index (χ2n) is 6.76.